The minimum atomic E-state index is -0.166. The maximum absolute atomic E-state index is 12.7. The third-order valence-electron chi connectivity index (χ3n) is 5.09. The number of nitrogens with zero attached hydrogens (tertiary/aromatic N) is 2. The number of amides is 1. The van der Waals surface area contributed by atoms with Gasteiger partial charge >= 0.3 is 0 Å². The average Bonchev–Trinajstić information content (AvgIpc) is 3.09. The van der Waals surface area contributed by atoms with Gasteiger partial charge in [-0.15, -0.1) is 11.3 Å². The first-order valence-electron chi connectivity index (χ1n) is 10.1. The van der Waals surface area contributed by atoms with E-state index in [4.69, 9.17) is 4.74 Å². The number of aromatic nitrogens is 2. The van der Waals surface area contributed by atoms with Crippen molar-refractivity contribution >= 4 is 44.9 Å². The zero-order valence-corrected chi connectivity index (χ0v) is 19.7. The van der Waals surface area contributed by atoms with Gasteiger partial charge in [-0.2, -0.15) is 0 Å². The predicted molar refractivity (Wildman–Crippen MR) is 131 cm³/mol. The molecule has 1 amide bonds. The summed E-state index contributed by atoms with van der Waals surface area (Å²) in [6.45, 7) is 4.41. The molecular formula is C24H23N3O3S2. The van der Waals surface area contributed by atoms with E-state index in [1.165, 1.54) is 27.7 Å². The molecule has 0 radical (unpaired) electrons. The summed E-state index contributed by atoms with van der Waals surface area (Å²) in [5.41, 5.74) is 2.68. The Bertz CT molecular complexity index is 1310. The highest BCUT2D eigenvalue weighted by atomic mass is 32.2. The van der Waals surface area contributed by atoms with E-state index < -0.39 is 0 Å². The number of hydrogen-bond donors (Lipinski definition) is 1. The van der Waals surface area contributed by atoms with Crippen molar-refractivity contribution in [1.82, 2.24) is 9.55 Å². The van der Waals surface area contributed by atoms with Crippen LogP contribution in [0.1, 0.15) is 16.0 Å². The number of nitrogens with one attached hydrogen (secondary N) is 1. The third-order valence-corrected chi connectivity index (χ3v) is 7.22. The Morgan fingerprint density at radius 3 is 2.56 bits per heavy atom. The molecule has 4 rings (SSSR count). The average molecular weight is 466 g/mol. The van der Waals surface area contributed by atoms with E-state index in [2.05, 4.69) is 10.3 Å². The Hall–Kier alpha value is -3.10. The molecule has 4 aromatic rings. The monoisotopic (exact) mass is 465 g/mol. The van der Waals surface area contributed by atoms with E-state index >= 15 is 0 Å². The van der Waals surface area contributed by atoms with Crippen LogP contribution in [0.2, 0.25) is 0 Å². The molecule has 0 saturated carbocycles. The molecule has 1 N–H and O–H groups in total. The fourth-order valence-corrected chi connectivity index (χ4v) is 5.03. The fraction of sp³-hybridized carbons (Fsp3) is 0.208. The van der Waals surface area contributed by atoms with Gasteiger partial charge in [-0.3, -0.25) is 14.2 Å². The quantitative estimate of drug-likeness (QED) is 0.310. The van der Waals surface area contributed by atoms with Crippen LogP contribution < -0.4 is 15.6 Å². The van der Waals surface area contributed by atoms with Crippen LogP contribution in [0.15, 0.2) is 64.5 Å². The number of thiophene rings is 1. The van der Waals surface area contributed by atoms with Crippen LogP contribution >= 0.6 is 23.1 Å². The topological polar surface area (TPSA) is 73.2 Å². The van der Waals surface area contributed by atoms with Crippen LogP contribution in [-0.4, -0.2) is 21.2 Å². The van der Waals surface area contributed by atoms with Crippen molar-refractivity contribution in [3.63, 3.8) is 0 Å². The van der Waals surface area contributed by atoms with Crippen molar-refractivity contribution in [2.75, 3.05) is 11.1 Å². The normalized spacial score (nSPS) is 11.0. The molecule has 0 atom stereocenters. The first-order chi connectivity index (χ1) is 15.4. The van der Waals surface area contributed by atoms with E-state index in [9.17, 15) is 9.59 Å². The van der Waals surface area contributed by atoms with Crippen LogP contribution in [0.25, 0.3) is 10.2 Å². The second kappa shape index (κ2) is 9.58. The number of rotatable bonds is 7. The highest BCUT2D eigenvalue weighted by Crippen LogP contribution is 2.28. The summed E-state index contributed by atoms with van der Waals surface area (Å²) in [5, 5.41) is 4.07. The van der Waals surface area contributed by atoms with Gasteiger partial charge in [0.2, 0.25) is 5.91 Å². The summed E-state index contributed by atoms with van der Waals surface area (Å²) in [4.78, 5) is 31.5. The molecule has 0 aliphatic heterocycles. The van der Waals surface area contributed by atoms with Gasteiger partial charge in [-0.05, 0) is 49.2 Å². The Morgan fingerprint density at radius 2 is 1.84 bits per heavy atom. The second-order valence-electron chi connectivity index (χ2n) is 7.36. The molecule has 0 fully saturated rings. The lowest BCUT2D eigenvalue weighted by Crippen LogP contribution is -2.21. The second-order valence-corrected chi connectivity index (χ2v) is 9.50. The summed E-state index contributed by atoms with van der Waals surface area (Å²) in [6, 6.07) is 17.2. The van der Waals surface area contributed by atoms with Crippen LogP contribution in [-0.2, 0) is 18.4 Å². The van der Waals surface area contributed by atoms with E-state index in [1.807, 2.05) is 56.3 Å². The fourth-order valence-electron chi connectivity index (χ4n) is 3.19. The number of aryl methyl sites for hydroxylation is 2. The van der Waals surface area contributed by atoms with E-state index in [1.54, 1.807) is 19.2 Å². The predicted octanol–water partition coefficient (Wildman–Crippen LogP) is 4.92. The number of anilines is 1. The van der Waals surface area contributed by atoms with Crippen molar-refractivity contribution in [2.45, 2.75) is 25.6 Å². The minimum Gasteiger partial charge on any atom is -0.489 e. The molecule has 2 aromatic carbocycles. The smallest absolute Gasteiger partial charge is 0.262 e. The minimum absolute atomic E-state index is 0.0779. The zero-order valence-electron chi connectivity index (χ0n) is 18.0. The maximum Gasteiger partial charge on any atom is 0.262 e. The number of hydrogen-bond acceptors (Lipinski definition) is 6. The summed E-state index contributed by atoms with van der Waals surface area (Å²) in [5.74, 6) is 0.720. The molecule has 0 spiro atoms. The van der Waals surface area contributed by atoms with Gasteiger partial charge in [0, 0.05) is 17.6 Å². The molecule has 0 saturated heterocycles. The van der Waals surface area contributed by atoms with E-state index in [0.29, 0.717) is 22.8 Å². The van der Waals surface area contributed by atoms with Crippen LogP contribution in [0, 0.1) is 13.8 Å². The Kier molecular flexibility index (Phi) is 6.62. The van der Waals surface area contributed by atoms with Gasteiger partial charge in [-0.25, -0.2) is 4.98 Å². The Morgan fingerprint density at radius 1 is 1.12 bits per heavy atom. The maximum atomic E-state index is 12.7. The lowest BCUT2D eigenvalue weighted by atomic mass is 10.2. The molecular weight excluding hydrogens is 442 g/mol. The van der Waals surface area contributed by atoms with Crippen molar-refractivity contribution in [2.24, 2.45) is 7.05 Å². The summed E-state index contributed by atoms with van der Waals surface area (Å²) in [7, 11) is 1.69. The molecule has 0 bridgehead atoms. The largest absolute Gasteiger partial charge is 0.489 e. The number of carbonyl (C=O) groups excluding carboxylic acids is 1. The number of benzene rings is 2. The molecule has 164 valence electrons. The van der Waals surface area contributed by atoms with Gasteiger partial charge in [0.05, 0.1) is 11.1 Å². The number of thioether (sulfide) groups is 1. The molecule has 2 heterocycles. The summed E-state index contributed by atoms with van der Waals surface area (Å²) in [6.07, 6.45) is 0. The third kappa shape index (κ3) is 4.87. The summed E-state index contributed by atoms with van der Waals surface area (Å²) >= 11 is 2.76. The molecule has 8 heteroatoms. The SMILES string of the molecule is Cc1sc2nc(SCC(=O)Nc3ccc(OCc4ccccc4)cc3)n(C)c(=O)c2c1C. The van der Waals surface area contributed by atoms with E-state index in [-0.39, 0.29) is 17.2 Å². The van der Waals surface area contributed by atoms with Crippen molar-refractivity contribution < 1.29 is 9.53 Å². The van der Waals surface area contributed by atoms with Crippen LogP contribution in [0.4, 0.5) is 5.69 Å². The molecule has 0 unspecified atom stereocenters. The van der Waals surface area contributed by atoms with Gasteiger partial charge in [0.1, 0.15) is 17.2 Å². The van der Waals surface area contributed by atoms with Crippen LogP contribution in [0.5, 0.6) is 5.75 Å². The van der Waals surface area contributed by atoms with Crippen molar-refractivity contribution in [3.8, 4) is 5.75 Å². The highest BCUT2D eigenvalue weighted by molar-refractivity contribution is 7.99. The number of fused-ring (bicyclic) bond motifs is 1. The van der Waals surface area contributed by atoms with Crippen LogP contribution in [0.3, 0.4) is 0 Å². The lowest BCUT2D eigenvalue weighted by Gasteiger charge is -2.09. The van der Waals surface area contributed by atoms with Crippen molar-refractivity contribution in [1.29, 1.82) is 0 Å². The van der Waals surface area contributed by atoms with Gasteiger partial charge in [0.25, 0.3) is 5.56 Å². The molecule has 0 aliphatic rings. The van der Waals surface area contributed by atoms with Gasteiger partial charge in [-0.1, -0.05) is 42.1 Å². The number of ether oxygens (including phenoxy) is 1. The number of carbonyl (C=O) groups is 1. The molecule has 2 aromatic heterocycles. The highest BCUT2D eigenvalue weighted by Gasteiger charge is 2.15. The first kappa shape index (κ1) is 22.1. The Balaban J connectivity index is 1.35. The summed E-state index contributed by atoms with van der Waals surface area (Å²) < 4.78 is 7.28. The standard InChI is InChI=1S/C24H23N3O3S2/c1-15-16(2)32-22-21(15)23(29)27(3)24(26-22)31-14-20(28)25-18-9-11-19(12-10-18)30-13-17-7-5-4-6-8-17/h4-12H,13-14H2,1-3H3,(H,25,28). The van der Waals surface area contributed by atoms with Gasteiger partial charge in [0.15, 0.2) is 5.16 Å². The molecule has 6 nitrogen and oxygen atoms in total. The van der Waals surface area contributed by atoms with Gasteiger partial charge < -0.3 is 10.1 Å². The lowest BCUT2D eigenvalue weighted by molar-refractivity contribution is -0.113. The molecule has 0 aliphatic carbocycles. The zero-order chi connectivity index (χ0) is 22.7. The Labute approximate surface area is 194 Å². The van der Waals surface area contributed by atoms with E-state index in [0.717, 1.165) is 26.6 Å². The van der Waals surface area contributed by atoms with Crippen molar-refractivity contribution in [3.05, 3.63) is 81.0 Å². The first-order valence-corrected chi connectivity index (χ1v) is 11.9. The molecule has 32 heavy (non-hydrogen) atoms.